The molecule has 1 heterocycles. The van der Waals surface area contributed by atoms with Crippen LogP contribution in [0.4, 0.5) is 0 Å². The first-order valence-electron chi connectivity index (χ1n) is 4.93. The molecule has 16 heavy (non-hydrogen) atoms. The second kappa shape index (κ2) is 4.97. The van der Waals surface area contributed by atoms with Gasteiger partial charge in [0.05, 0.1) is 18.1 Å². The van der Waals surface area contributed by atoms with Gasteiger partial charge in [0.2, 0.25) is 0 Å². The molecule has 2 rings (SSSR count). The van der Waals surface area contributed by atoms with Crippen LogP contribution in [-0.4, -0.2) is 15.0 Å². The van der Waals surface area contributed by atoms with Crippen molar-refractivity contribution in [1.29, 1.82) is 0 Å². The number of nitrogens with zero attached hydrogens (tertiary/aromatic N) is 3. The van der Waals surface area contributed by atoms with E-state index < -0.39 is 0 Å². The van der Waals surface area contributed by atoms with Gasteiger partial charge in [0.1, 0.15) is 5.69 Å². The van der Waals surface area contributed by atoms with Crippen LogP contribution in [0.15, 0.2) is 34.9 Å². The molecule has 0 radical (unpaired) electrons. The number of rotatable bonds is 3. The quantitative estimate of drug-likeness (QED) is 0.814. The Morgan fingerprint density at radius 2 is 2.06 bits per heavy atom. The van der Waals surface area contributed by atoms with Gasteiger partial charge in [0.25, 0.3) is 0 Å². The van der Waals surface area contributed by atoms with E-state index in [-0.39, 0.29) is 5.38 Å². The van der Waals surface area contributed by atoms with Crippen molar-refractivity contribution in [3.05, 3.63) is 46.2 Å². The van der Waals surface area contributed by atoms with E-state index in [2.05, 4.69) is 38.4 Å². The van der Waals surface area contributed by atoms with E-state index in [0.717, 1.165) is 10.2 Å². The summed E-state index contributed by atoms with van der Waals surface area (Å²) in [5.74, 6) is 0. The molecule has 0 saturated heterocycles. The van der Waals surface area contributed by atoms with Gasteiger partial charge in [0, 0.05) is 4.47 Å². The third kappa shape index (κ3) is 2.83. The number of aromatic nitrogens is 3. The molecule has 0 aliphatic rings. The second-order valence-electron chi connectivity index (χ2n) is 3.58. The van der Waals surface area contributed by atoms with Gasteiger partial charge in [-0.3, -0.25) is 0 Å². The second-order valence-corrected chi connectivity index (χ2v) is 5.15. The van der Waals surface area contributed by atoms with Crippen molar-refractivity contribution in [3.8, 4) is 0 Å². The van der Waals surface area contributed by atoms with E-state index in [4.69, 9.17) is 11.6 Å². The van der Waals surface area contributed by atoms with Gasteiger partial charge in [-0.25, -0.2) is 4.68 Å². The lowest BCUT2D eigenvalue weighted by molar-refractivity contribution is 0.649. The largest absolute Gasteiger partial charge is 0.248 e. The summed E-state index contributed by atoms with van der Waals surface area (Å²) in [6, 6.07) is 8.12. The van der Waals surface area contributed by atoms with Gasteiger partial charge in [-0.1, -0.05) is 33.3 Å². The Balaban J connectivity index is 2.11. The summed E-state index contributed by atoms with van der Waals surface area (Å²) in [4.78, 5) is 0. The summed E-state index contributed by atoms with van der Waals surface area (Å²) in [6.07, 6.45) is 1.87. The first-order valence-corrected chi connectivity index (χ1v) is 6.16. The molecule has 0 aliphatic carbocycles. The smallest absolute Gasteiger partial charge is 0.100 e. The summed E-state index contributed by atoms with van der Waals surface area (Å²) in [5, 5.41) is 7.93. The zero-order valence-electron chi connectivity index (χ0n) is 8.77. The molecule has 0 N–H and O–H groups in total. The fraction of sp³-hybridized carbons (Fsp3) is 0.273. The summed E-state index contributed by atoms with van der Waals surface area (Å²) in [5.41, 5.74) is 1.99. The van der Waals surface area contributed by atoms with Crippen molar-refractivity contribution in [1.82, 2.24) is 15.0 Å². The lowest BCUT2D eigenvalue weighted by Crippen LogP contribution is -2.00. The Bertz CT molecular complexity index is 464. The van der Waals surface area contributed by atoms with Crippen molar-refractivity contribution in [3.63, 3.8) is 0 Å². The summed E-state index contributed by atoms with van der Waals surface area (Å²) < 4.78 is 2.86. The standard InChI is InChI=1S/C11H11BrClN3/c1-8(13)11-7-16(15-14-11)6-9-2-4-10(12)5-3-9/h2-5,7-8H,6H2,1H3. The van der Waals surface area contributed by atoms with Crippen LogP contribution in [0.25, 0.3) is 0 Å². The normalized spacial score (nSPS) is 12.7. The SMILES string of the molecule is CC(Cl)c1cn(Cc2ccc(Br)cc2)nn1. The molecule has 1 unspecified atom stereocenters. The Labute approximate surface area is 108 Å². The molecule has 0 aliphatic heterocycles. The summed E-state index contributed by atoms with van der Waals surface area (Å²) >= 11 is 9.32. The van der Waals surface area contributed by atoms with Crippen molar-refractivity contribution in [2.75, 3.05) is 0 Å². The predicted octanol–water partition coefficient (Wildman–Crippen LogP) is 3.39. The highest BCUT2D eigenvalue weighted by molar-refractivity contribution is 9.10. The highest BCUT2D eigenvalue weighted by Crippen LogP contribution is 2.16. The van der Waals surface area contributed by atoms with Crippen molar-refractivity contribution < 1.29 is 0 Å². The van der Waals surface area contributed by atoms with Gasteiger partial charge in [0.15, 0.2) is 0 Å². The third-order valence-corrected chi connectivity index (χ3v) is 2.97. The Morgan fingerprint density at radius 3 is 2.62 bits per heavy atom. The average Bonchev–Trinajstić information content (AvgIpc) is 2.70. The van der Waals surface area contributed by atoms with Crippen LogP contribution in [-0.2, 0) is 6.54 Å². The molecule has 0 amide bonds. The van der Waals surface area contributed by atoms with E-state index in [0.29, 0.717) is 6.54 Å². The van der Waals surface area contributed by atoms with E-state index >= 15 is 0 Å². The van der Waals surface area contributed by atoms with E-state index in [9.17, 15) is 0 Å². The highest BCUT2D eigenvalue weighted by atomic mass is 79.9. The summed E-state index contributed by atoms with van der Waals surface area (Å²) in [7, 11) is 0. The van der Waals surface area contributed by atoms with Gasteiger partial charge < -0.3 is 0 Å². The van der Waals surface area contributed by atoms with Gasteiger partial charge in [-0.2, -0.15) is 0 Å². The van der Waals surface area contributed by atoms with Crippen LogP contribution in [0.1, 0.15) is 23.6 Å². The molecule has 1 atom stereocenters. The van der Waals surface area contributed by atoms with Crippen molar-refractivity contribution >= 4 is 27.5 Å². The number of alkyl halides is 1. The molecule has 84 valence electrons. The lowest BCUT2D eigenvalue weighted by Gasteiger charge is -2.00. The Kier molecular flexibility index (Phi) is 3.61. The maximum Gasteiger partial charge on any atom is 0.100 e. The van der Waals surface area contributed by atoms with Gasteiger partial charge >= 0.3 is 0 Å². The van der Waals surface area contributed by atoms with E-state index in [1.165, 1.54) is 5.56 Å². The van der Waals surface area contributed by atoms with Crippen LogP contribution in [0.5, 0.6) is 0 Å². The minimum absolute atomic E-state index is 0.0985. The highest BCUT2D eigenvalue weighted by Gasteiger charge is 2.06. The molecule has 0 fully saturated rings. The zero-order chi connectivity index (χ0) is 11.5. The zero-order valence-corrected chi connectivity index (χ0v) is 11.1. The minimum atomic E-state index is -0.0985. The van der Waals surface area contributed by atoms with Crippen LogP contribution in [0, 0.1) is 0 Å². The molecular formula is C11H11BrClN3. The molecule has 0 saturated carbocycles. The van der Waals surface area contributed by atoms with Gasteiger partial charge in [-0.15, -0.1) is 16.7 Å². The summed E-state index contributed by atoms with van der Waals surface area (Å²) in [6.45, 7) is 2.60. The van der Waals surface area contributed by atoms with E-state index in [1.54, 1.807) is 4.68 Å². The van der Waals surface area contributed by atoms with Gasteiger partial charge in [-0.05, 0) is 24.6 Å². The molecule has 0 bridgehead atoms. The van der Waals surface area contributed by atoms with Crippen LogP contribution >= 0.6 is 27.5 Å². The van der Waals surface area contributed by atoms with E-state index in [1.807, 2.05) is 25.3 Å². The van der Waals surface area contributed by atoms with Crippen LogP contribution in [0.3, 0.4) is 0 Å². The van der Waals surface area contributed by atoms with Crippen molar-refractivity contribution in [2.45, 2.75) is 18.8 Å². The minimum Gasteiger partial charge on any atom is -0.248 e. The first kappa shape index (κ1) is 11.6. The predicted molar refractivity (Wildman–Crippen MR) is 67.5 cm³/mol. The number of benzene rings is 1. The molecular weight excluding hydrogens is 289 g/mol. The van der Waals surface area contributed by atoms with Crippen molar-refractivity contribution in [2.24, 2.45) is 0 Å². The third-order valence-electron chi connectivity index (χ3n) is 2.22. The number of hydrogen-bond donors (Lipinski definition) is 0. The molecule has 1 aromatic carbocycles. The lowest BCUT2D eigenvalue weighted by atomic mass is 10.2. The first-order chi connectivity index (χ1) is 7.65. The number of halogens is 2. The molecule has 3 nitrogen and oxygen atoms in total. The molecule has 2 aromatic rings. The number of hydrogen-bond acceptors (Lipinski definition) is 2. The molecule has 1 aromatic heterocycles. The average molecular weight is 301 g/mol. The maximum absolute atomic E-state index is 5.92. The topological polar surface area (TPSA) is 30.7 Å². The Morgan fingerprint density at radius 1 is 1.38 bits per heavy atom. The Hall–Kier alpha value is -0.870. The fourth-order valence-corrected chi connectivity index (χ4v) is 1.71. The molecule has 0 spiro atoms. The van der Waals surface area contributed by atoms with Crippen LogP contribution < -0.4 is 0 Å². The monoisotopic (exact) mass is 299 g/mol. The fourth-order valence-electron chi connectivity index (χ4n) is 1.35. The maximum atomic E-state index is 5.92. The van der Waals surface area contributed by atoms with Crippen LogP contribution in [0.2, 0.25) is 0 Å². The molecule has 5 heteroatoms.